The van der Waals surface area contributed by atoms with Gasteiger partial charge in [0, 0.05) is 15.7 Å². The molecule has 0 fully saturated rings. The Morgan fingerprint density at radius 2 is 2.17 bits per heavy atom. The van der Waals surface area contributed by atoms with Gasteiger partial charge in [-0.1, -0.05) is 24.6 Å². The second kappa shape index (κ2) is 6.21. The van der Waals surface area contributed by atoms with Crippen LogP contribution in [0, 0.1) is 0 Å². The molecule has 0 radical (unpaired) electrons. The van der Waals surface area contributed by atoms with E-state index >= 15 is 0 Å². The van der Waals surface area contributed by atoms with Crippen molar-refractivity contribution >= 4 is 27.5 Å². The third-order valence-corrected chi connectivity index (χ3v) is 3.57. The summed E-state index contributed by atoms with van der Waals surface area (Å²) in [6, 6.07) is 9.54. The third kappa shape index (κ3) is 3.24. The summed E-state index contributed by atoms with van der Waals surface area (Å²) < 4.78 is 6.75. The molecule has 1 heterocycles. The molecule has 0 saturated carbocycles. The van der Waals surface area contributed by atoms with E-state index in [2.05, 4.69) is 27.8 Å². The lowest BCUT2D eigenvalue weighted by Crippen LogP contribution is -2.01. The first kappa shape index (κ1) is 13.4. The molecule has 18 heavy (non-hydrogen) atoms. The minimum Gasteiger partial charge on any atom is -0.487 e. The van der Waals surface area contributed by atoms with Crippen molar-refractivity contribution in [3.8, 4) is 5.75 Å². The van der Waals surface area contributed by atoms with Crippen LogP contribution in [0.25, 0.3) is 0 Å². The number of hydrogen-bond acceptors (Lipinski definition) is 2. The topological polar surface area (TPSA) is 22.1 Å². The molecule has 2 rings (SSSR count). The van der Waals surface area contributed by atoms with Crippen molar-refractivity contribution in [2.24, 2.45) is 0 Å². The molecule has 2 nitrogen and oxygen atoms in total. The van der Waals surface area contributed by atoms with Crippen LogP contribution in [-0.4, -0.2) is 4.98 Å². The maximum Gasteiger partial charge on any atom is 0.131 e. The second-order valence-electron chi connectivity index (χ2n) is 3.83. The number of pyridine rings is 1. The molecule has 1 aromatic heterocycles. The SMILES string of the molecule is CCc1ccc(Cl)cc1OCc1ncccc1Br. The van der Waals surface area contributed by atoms with Gasteiger partial charge in [-0.25, -0.2) is 0 Å². The van der Waals surface area contributed by atoms with Gasteiger partial charge in [-0.3, -0.25) is 4.98 Å². The number of nitrogens with zero attached hydrogens (tertiary/aromatic N) is 1. The molecule has 0 bridgehead atoms. The lowest BCUT2D eigenvalue weighted by Gasteiger charge is -2.11. The molecule has 0 aliphatic carbocycles. The van der Waals surface area contributed by atoms with Crippen molar-refractivity contribution in [3.63, 3.8) is 0 Å². The molecule has 94 valence electrons. The quantitative estimate of drug-likeness (QED) is 0.816. The van der Waals surface area contributed by atoms with Gasteiger partial charge in [0.25, 0.3) is 0 Å². The normalized spacial score (nSPS) is 10.4. The predicted molar refractivity (Wildman–Crippen MR) is 77.1 cm³/mol. The highest BCUT2D eigenvalue weighted by Crippen LogP contribution is 2.25. The molecule has 0 atom stereocenters. The van der Waals surface area contributed by atoms with Gasteiger partial charge >= 0.3 is 0 Å². The molecule has 0 N–H and O–H groups in total. The lowest BCUT2D eigenvalue weighted by molar-refractivity contribution is 0.297. The van der Waals surface area contributed by atoms with Crippen LogP contribution in [0.3, 0.4) is 0 Å². The Hall–Kier alpha value is -1.06. The number of aryl methyl sites for hydroxylation is 1. The Morgan fingerprint density at radius 3 is 2.89 bits per heavy atom. The van der Waals surface area contributed by atoms with E-state index in [1.165, 1.54) is 0 Å². The van der Waals surface area contributed by atoms with Crippen LogP contribution in [0.4, 0.5) is 0 Å². The summed E-state index contributed by atoms with van der Waals surface area (Å²) in [6.45, 7) is 2.52. The largest absolute Gasteiger partial charge is 0.487 e. The zero-order valence-corrected chi connectivity index (χ0v) is 12.3. The highest BCUT2D eigenvalue weighted by molar-refractivity contribution is 9.10. The molecule has 1 aromatic carbocycles. The minimum atomic E-state index is 0.425. The first-order valence-corrected chi connectivity index (χ1v) is 6.88. The average molecular weight is 327 g/mol. The smallest absolute Gasteiger partial charge is 0.131 e. The molecule has 0 aliphatic heterocycles. The molecule has 0 unspecified atom stereocenters. The zero-order chi connectivity index (χ0) is 13.0. The number of aromatic nitrogens is 1. The van der Waals surface area contributed by atoms with Gasteiger partial charge in [0.1, 0.15) is 12.4 Å². The predicted octanol–water partition coefficient (Wildman–Crippen LogP) is 4.64. The average Bonchev–Trinajstić information content (AvgIpc) is 2.38. The summed E-state index contributed by atoms with van der Waals surface area (Å²) in [5, 5.41) is 0.683. The minimum absolute atomic E-state index is 0.425. The van der Waals surface area contributed by atoms with Crippen molar-refractivity contribution in [1.82, 2.24) is 4.98 Å². The lowest BCUT2D eigenvalue weighted by atomic mass is 10.1. The number of rotatable bonds is 4. The molecule has 2 aromatic rings. The van der Waals surface area contributed by atoms with Crippen LogP contribution in [0.5, 0.6) is 5.75 Å². The first-order chi connectivity index (χ1) is 8.70. The Labute approximate surface area is 120 Å². The molecular weight excluding hydrogens is 314 g/mol. The van der Waals surface area contributed by atoms with E-state index in [9.17, 15) is 0 Å². The van der Waals surface area contributed by atoms with Gasteiger partial charge in [0.2, 0.25) is 0 Å². The second-order valence-corrected chi connectivity index (χ2v) is 5.12. The zero-order valence-electron chi connectivity index (χ0n) is 9.99. The van der Waals surface area contributed by atoms with E-state index < -0.39 is 0 Å². The fraction of sp³-hybridized carbons (Fsp3) is 0.214. The number of halogens is 2. The summed E-state index contributed by atoms with van der Waals surface area (Å²) in [6.07, 6.45) is 2.66. The standard InChI is InChI=1S/C14H13BrClNO/c1-2-10-5-6-11(16)8-14(10)18-9-13-12(15)4-3-7-17-13/h3-8H,2,9H2,1H3. The van der Waals surface area contributed by atoms with Gasteiger partial charge < -0.3 is 4.74 Å². The van der Waals surface area contributed by atoms with Gasteiger partial charge in [0.15, 0.2) is 0 Å². The Bertz CT molecular complexity index is 545. The van der Waals surface area contributed by atoms with Crippen LogP contribution in [0.1, 0.15) is 18.2 Å². The Balaban J connectivity index is 2.15. The van der Waals surface area contributed by atoms with E-state index in [-0.39, 0.29) is 0 Å². The van der Waals surface area contributed by atoms with E-state index in [0.29, 0.717) is 11.6 Å². The summed E-state index contributed by atoms with van der Waals surface area (Å²) in [5.74, 6) is 0.822. The van der Waals surface area contributed by atoms with Crippen molar-refractivity contribution in [3.05, 3.63) is 57.3 Å². The first-order valence-electron chi connectivity index (χ1n) is 5.71. The van der Waals surface area contributed by atoms with E-state index in [4.69, 9.17) is 16.3 Å². The van der Waals surface area contributed by atoms with E-state index in [1.807, 2.05) is 30.3 Å². The van der Waals surface area contributed by atoms with Crippen molar-refractivity contribution in [1.29, 1.82) is 0 Å². The maximum atomic E-state index is 5.98. The summed E-state index contributed by atoms with van der Waals surface area (Å²) in [7, 11) is 0. The van der Waals surface area contributed by atoms with Gasteiger partial charge in [0.05, 0.1) is 5.69 Å². The van der Waals surface area contributed by atoms with Gasteiger partial charge in [-0.2, -0.15) is 0 Å². The summed E-state index contributed by atoms with van der Waals surface area (Å²) in [4.78, 5) is 4.27. The van der Waals surface area contributed by atoms with Crippen LogP contribution < -0.4 is 4.74 Å². The number of benzene rings is 1. The Kier molecular flexibility index (Phi) is 4.61. The molecular formula is C14H13BrClNO. The van der Waals surface area contributed by atoms with Crippen molar-refractivity contribution in [2.45, 2.75) is 20.0 Å². The van der Waals surface area contributed by atoms with Gasteiger partial charge in [-0.05, 0) is 52.2 Å². The maximum absolute atomic E-state index is 5.98. The summed E-state index contributed by atoms with van der Waals surface area (Å²) in [5.41, 5.74) is 2.02. The molecule has 0 saturated heterocycles. The fourth-order valence-electron chi connectivity index (χ4n) is 1.63. The van der Waals surface area contributed by atoms with Crippen LogP contribution in [-0.2, 0) is 13.0 Å². The van der Waals surface area contributed by atoms with Crippen molar-refractivity contribution < 1.29 is 4.74 Å². The van der Waals surface area contributed by atoms with Crippen LogP contribution >= 0.6 is 27.5 Å². The molecule has 0 aliphatic rings. The highest BCUT2D eigenvalue weighted by atomic mass is 79.9. The van der Waals surface area contributed by atoms with Crippen molar-refractivity contribution in [2.75, 3.05) is 0 Å². The van der Waals surface area contributed by atoms with E-state index in [0.717, 1.165) is 27.9 Å². The number of hydrogen-bond donors (Lipinski definition) is 0. The highest BCUT2D eigenvalue weighted by Gasteiger charge is 2.06. The van der Waals surface area contributed by atoms with Crippen LogP contribution in [0.15, 0.2) is 41.0 Å². The number of ether oxygens (including phenoxy) is 1. The summed E-state index contributed by atoms with van der Waals surface area (Å²) >= 11 is 9.43. The molecule has 0 spiro atoms. The fourth-order valence-corrected chi connectivity index (χ4v) is 2.16. The monoisotopic (exact) mass is 325 g/mol. The molecule has 0 amide bonds. The van der Waals surface area contributed by atoms with E-state index in [1.54, 1.807) is 6.20 Å². The van der Waals surface area contributed by atoms with Crippen LogP contribution in [0.2, 0.25) is 5.02 Å². The van der Waals surface area contributed by atoms with Gasteiger partial charge in [-0.15, -0.1) is 0 Å². The molecule has 4 heteroatoms. The Morgan fingerprint density at radius 1 is 1.33 bits per heavy atom. The third-order valence-electron chi connectivity index (χ3n) is 2.61.